The average molecular weight is 263 g/mol. The van der Waals surface area contributed by atoms with Gasteiger partial charge in [0.1, 0.15) is 0 Å². The van der Waals surface area contributed by atoms with Crippen molar-refractivity contribution in [2.45, 2.75) is 53.0 Å². The summed E-state index contributed by atoms with van der Waals surface area (Å²) in [4.78, 5) is 14.2. The van der Waals surface area contributed by atoms with Gasteiger partial charge >= 0.3 is 0 Å². The second-order valence-electron chi connectivity index (χ2n) is 6.21. The molecule has 0 spiro atoms. The monoisotopic (exact) mass is 262 g/mol. The van der Waals surface area contributed by atoms with Crippen molar-refractivity contribution in [3.05, 3.63) is 0 Å². The van der Waals surface area contributed by atoms with E-state index in [1.54, 1.807) is 0 Å². The lowest BCUT2D eigenvalue weighted by Crippen LogP contribution is -2.50. The van der Waals surface area contributed by atoms with Crippen molar-refractivity contribution in [1.29, 1.82) is 0 Å². The molecule has 2 atom stereocenters. The van der Waals surface area contributed by atoms with E-state index in [2.05, 4.69) is 6.92 Å². The summed E-state index contributed by atoms with van der Waals surface area (Å²) >= 11 is 0. The number of nitrogens with zero attached hydrogens (tertiary/aromatic N) is 1. The van der Waals surface area contributed by atoms with Gasteiger partial charge in [0.25, 0.3) is 0 Å². The van der Waals surface area contributed by atoms with Crippen LogP contribution in [0.25, 0.3) is 0 Å². The highest BCUT2D eigenvalue weighted by Crippen LogP contribution is 2.22. The van der Waals surface area contributed by atoms with Crippen molar-refractivity contribution < 1.29 is 4.79 Å². The molecule has 102 valence electrons. The molecule has 1 aliphatic rings. The van der Waals surface area contributed by atoms with E-state index < -0.39 is 0 Å². The molecule has 0 bridgehead atoms. The number of carbonyl (C=O) groups is 1. The fourth-order valence-electron chi connectivity index (χ4n) is 2.05. The molecule has 0 aliphatic carbocycles. The van der Waals surface area contributed by atoms with Gasteiger partial charge in [0.05, 0.1) is 6.04 Å². The van der Waals surface area contributed by atoms with Crippen LogP contribution in [0.3, 0.4) is 0 Å². The minimum atomic E-state index is -0.374. The zero-order valence-electron chi connectivity index (χ0n) is 11.5. The van der Waals surface area contributed by atoms with E-state index in [4.69, 9.17) is 5.73 Å². The number of hydrogen-bond donors (Lipinski definition) is 1. The molecular weight excluding hydrogens is 236 g/mol. The summed E-state index contributed by atoms with van der Waals surface area (Å²) in [5.41, 5.74) is 5.88. The molecule has 1 amide bonds. The van der Waals surface area contributed by atoms with E-state index >= 15 is 0 Å². The van der Waals surface area contributed by atoms with Crippen molar-refractivity contribution in [3.63, 3.8) is 0 Å². The first kappa shape index (κ1) is 16.7. The largest absolute Gasteiger partial charge is 0.341 e. The Bertz CT molecular complexity index is 250. The molecule has 0 aromatic carbocycles. The molecule has 4 heteroatoms. The molecule has 1 aliphatic heterocycles. The number of halogens is 1. The highest BCUT2D eigenvalue weighted by atomic mass is 35.5. The topological polar surface area (TPSA) is 46.3 Å². The van der Waals surface area contributed by atoms with Crippen LogP contribution in [-0.4, -0.2) is 29.9 Å². The lowest BCUT2D eigenvalue weighted by Gasteiger charge is -2.31. The van der Waals surface area contributed by atoms with E-state index in [0.29, 0.717) is 0 Å². The number of amides is 1. The van der Waals surface area contributed by atoms with E-state index in [0.717, 1.165) is 31.8 Å². The summed E-state index contributed by atoms with van der Waals surface area (Å²) in [6.45, 7) is 10.1. The zero-order chi connectivity index (χ0) is 12.3. The summed E-state index contributed by atoms with van der Waals surface area (Å²) in [6.07, 6.45) is 3.46. The Hall–Kier alpha value is -0.280. The summed E-state index contributed by atoms with van der Waals surface area (Å²) < 4.78 is 0. The van der Waals surface area contributed by atoms with Crippen LogP contribution in [0.5, 0.6) is 0 Å². The van der Waals surface area contributed by atoms with Gasteiger partial charge in [0.15, 0.2) is 0 Å². The SMILES string of the molecule is CC1CCCN(C(=O)[C@@H](N)C(C)(C)C)CC1.Cl. The lowest BCUT2D eigenvalue weighted by atomic mass is 9.86. The minimum Gasteiger partial charge on any atom is -0.341 e. The standard InChI is InChI=1S/C13H26N2O.ClH/c1-10-6-5-8-15(9-7-10)12(16)11(14)13(2,3)4;/h10-11H,5-9,14H2,1-4H3;1H/t10?,11-;/m1./s1. The Balaban J connectivity index is 0.00000256. The van der Waals surface area contributed by atoms with Gasteiger partial charge in [-0.15, -0.1) is 12.4 Å². The molecule has 0 aromatic heterocycles. The minimum absolute atomic E-state index is 0. The van der Waals surface area contributed by atoms with E-state index in [-0.39, 0.29) is 29.8 Å². The summed E-state index contributed by atoms with van der Waals surface area (Å²) in [7, 11) is 0. The van der Waals surface area contributed by atoms with Crippen LogP contribution in [-0.2, 0) is 4.79 Å². The third-order valence-electron chi connectivity index (χ3n) is 3.53. The van der Waals surface area contributed by atoms with E-state index in [1.807, 2.05) is 25.7 Å². The van der Waals surface area contributed by atoms with Crippen molar-refractivity contribution in [3.8, 4) is 0 Å². The van der Waals surface area contributed by atoms with Gasteiger partial charge < -0.3 is 10.6 Å². The van der Waals surface area contributed by atoms with Gasteiger partial charge in [-0.1, -0.05) is 27.7 Å². The first-order chi connectivity index (χ1) is 7.32. The molecule has 0 saturated carbocycles. The smallest absolute Gasteiger partial charge is 0.240 e. The van der Waals surface area contributed by atoms with Gasteiger partial charge in [0.2, 0.25) is 5.91 Å². The van der Waals surface area contributed by atoms with Gasteiger partial charge in [-0.25, -0.2) is 0 Å². The van der Waals surface area contributed by atoms with Crippen molar-refractivity contribution in [2.75, 3.05) is 13.1 Å². The quantitative estimate of drug-likeness (QED) is 0.789. The molecule has 1 saturated heterocycles. The molecule has 17 heavy (non-hydrogen) atoms. The molecule has 1 unspecified atom stereocenters. The van der Waals surface area contributed by atoms with Crippen LogP contribution in [0.4, 0.5) is 0 Å². The Morgan fingerprint density at radius 3 is 2.41 bits per heavy atom. The second kappa shape index (κ2) is 6.60. The second-order valence-corrected chi connectivity index (χ2v) is 6.21. The van der Waals surface area contributed by atoms with Gasteiger partial charge in [-0.2, -0.15) is 0 Å². The molecule has 0 aromatic rings. The molecule has 1 rings (SSSR count). The van der Waals surface area contributed by atoms with Gasteiger partial charge in [-0.05, 0) is 30.6 Å². The molecule has 1 heterocycles. The van der Waals surface area contributed by atoms with Crippen molar-refractivity contribution in [1.82, 2.24) is 4.90 Å². The van der Waals surface area contributed by atoms with Crippen LogP contribution >= 0.6 is 12.4 Å². The van der Waals surface area contributed by atoms with Gasteiger partial charge in [-0.3, -0.25) is 4.79 Å². The predicted molar refractivity (Wildman–Crippen MR) is 74.3 cm³/mol. The van der Waals surface area contributed by atoms with Crippen LogP contribution in [0, 0.1) is 11.3 Å². The Labute approximate surface area is 112 Å². The lowest BCUT2D eigenvalue weighted by molar-refractivity contribution is -0.134. The maximum atomic E-state index is 12.2. The fraction of sp³-hybridized carbons (Fsp3) is 0.923. The molecule has 1 fully saturated rings. The average Bonchev–Trinajstić information content (AvgIpc) is 2.39. The van der Waals surface area contributed by atoms with Crippen LogP contribution in [0.2, 0.25) is 0 Å². The first-order valence-corrected chi connectivity index (χ1v) is 6.36. The number of nitrogens with two attached hydrogens (primary N) is 1. The van der Waals surface area contributed by atoms with E-state index in [9.17, 15) is 4.79 Å². The molecular formula is C13H27ClN2O. The predicted octanol–water partition coefficient (Wildman–Crippen LogP) is 2.43. The summed E-state index contributed by atoms with van der Waals surface area (Å²) in [6, 6.07) is -0.374. The number of likely N-dealkylation sites (tertiary alicyclic amines) is 1. The highest BCUT2D eigenvalue weighted by Gasteiger charge is 2.31. The Morgan fingerprint density at radius 1 is 1.29 bits per heavy atom. The van der Waals surface area contributed by atoms with Crippen LogP contribution in [0.15, 0.2) is 0 Å². The van der Waals surface area contributed by atoms with Crippen molar-refractivity contribution >= 4 is 18.3 Å². The van der Waals surface area contributed by atoms with Crippen LogP contribution in [0.1, 0.15) is 47.0 Å². The van der Waals surface area contributed by atoms with E-state index in [1.165, 1.54) is 6.42 Å². The number of rotatable bonds is 1. The van der Waals surface area contributed by atoms with Crippen molar-refractivity contribution in [2.24, 2.45) is 17.1 Å². The third-order valence-corrected chi connectivity index (χ3v) is 3.53. The number of carbonyl (C=O) groups excluding carboxylic acids is 1. The highest BCUT2D eigenvalue weighted by molar-refractivity contribution is 5.85. The Morgan fingerprint density at radius 2 is 1.88 bits per heavy atom. The Kier molecular flexibility index (Phi) is 6.49. The maximum absolute atomic E-state index is 12.2. The van der Waals surface area contributed by atoms with Gasteiger partial charge in [0, 0.05) is 13.1 Å². The molecule has 3 nitrogen and oxygen atoms in total. The fourth-order valence-corrected chi connectivity index (χ4v) is 2.05. The van der Waals surface area contributed by atoms with Crippen LogP contribution < -0.4 is 5.73 Å². The summed E-state index contributed by atoms with van der Waals surface area (Å²) in [5.74, 6) is 0.866. The number of hydrogen-bond acceptors (Lipinski definition) is 2. The molecule has 2 N–H and O–H groups in total. The maximum Gasteiger partial charge on any atom is 0.240 e. The molecule has 0 radical (unpaired) electrons. The summed E-state index contributed by atoms with van der Waals surface area (Å²) in [5, 5.41) is 0. The first-order valence-electron chi connectivity index (χ1n) is 6.36. The third kappa shape index (κ3) is 4.84. The normalized spacial score (nSPS) is 23.6. The zero-order valence-corrected chi connectivity index (χ0v) is 12.3.